The van der Waals surface area contributed by atoms with Gasteiger partial charge in [-0.05, 0) is 46.0 Å². The van der Waals surface area contributed by atoms with Crippen LogP contribution in [-0.2, 0) is 14.2 Å². The summed E-state index contributed by atoms with van der Waals surface area (Å²) in [5.74, 6) is 0.548. The first kappa shape index (κ1) is 20.2. The average molecular weight is 329 g/mol. The van der Waals surface area contributed by atoms with E-state index in [0.29, 0.717) is 32.2 Å². The Labute approximate surface area is 141 Å². The topological polar surface area (TPSA) is 48.0 Å². The minimum Gasteiger partial charge on any atom is -0.444 e. The molecule has 1 heterocycles. The molecule has 0 aromatic carbocycles. The number of likely N-dealkylation sites (tertiary alicyclic amines) is 1. The first-order chi connectivity index (χ1) is 10.7. The number of piperidine rings is 1. The van der Waals surface area contributed by atoms with E-state index in [1.807, 2.05) is 20.8 Å². The molecule has 0 spiro atoms. The van der Waals surface area contributed by atoms with Crippen molar-refractivity contribution in [1.29, 1.82) is 0 Å². The molecule has 0 aliphatic carbocycles. The normalized spacial score (nSPS) is 18.3. The Balaban J connectivity index is 2.36. The van der Waals surface area contributed by atoms with Crippen LogP contribution < -0.4 is 0 Å². The molecule has 1 amide bonds. The summed E-state index contributed by atoms with van der Waals surface area (Å²) in [7, 11) is 0. The number of hydrogen-bond acceptors (Lipinski definition) is 4. The molecule has 0 radical (unpaired) electrons. The molecule has 1 aliphatic rings. The van der Waals surface area contributed by atoms with Crippen LogP contribution in [-0.4, -0.2) is 55.1 Å². The van der Waals surface area contributed by atoms with Gasteiger partial charge in [-0.25, -0.2) is 4.79 Å². The number of carbonyl (C=O) groups is 1. The zero-order valence-corrected chi connectivity index (χ0v) is 15.8. The molecule has 1 aliphatic heterocycles. The molecule has 0 bridgehead atoms. The predicted octanol–water partition coefficient (Wildman–Crippen LogP) is 3.86. The quantitative estimate of drug-likeness (QED) is 0.666. The number of amides is 1. The lowest BCUT2D eigenvalue weighted by molar-refractivity contribution is -0.102. The fourth-order valence-corrected chi connectivity index (χ4v) is 2.66. The molecule has 1 saturated heterocycles. The van der Waals surface area contributed by atoms with Crippen molar-refractivity contribution in [3.63, 3.8) is 0 Å². The first-order valence-electron chi connectivity index (χ1n) is 8.87. The van der Waals surface area contributed by atoms with Crippen molar-refractivity contribution in [1.82, 2.24) is 4.90 Å². The highest BCUT2D eigenvalue weighted by molar-refractivity contribution is 5.68. The van der Waals surface area contributed by atoms with Gasteiger partial charge >= 0.3 is 6.09 Å². The van der Waals surface area contributed by atoms with Crippen LogP contribution in [0.5, 0.6) is 0 Å². The van der Waals surface area contributed by atoms with Crippen LogP contribution in [0.3, 0.4) is 0 Å². The van der Waals surface area contributed by atoms with Crippen LogP contribution in [0.1, 0.15) is 60.8 Å². The van der Waals surface area contributed by atoms with Crippen LogP contribution in [0.25, 0.3) is 0 Å². The van der Waals surface area contributed by atoms with E-state index in [1.165, 1.54) is 0 Å². The molecular formula is C18H35NO4. The maximum Gasteiger partial charge on any atom is 0.410 e. The highest BCUT2D eigenvalue weighted by atomic mass is 16.6. The molecule has 23 heavy (non-hydrogen) atoms. The first-order valence-corrected chi connectivity index (χ1v) is 8.87. The van der Waals surface area contributed by atoms with Gasteiger partial charge in [0, 0.05) is 19.7 Å². The third-order valence-electron chi connectivity index (χ3n) is 4.06. The summed E-state index contributed by atoms with van der Waals surface area (Å²) in [6, 6.07) is 0. The van der Waals surface area contributed by atoms with Crippen LogP contribution in [0.4, 0.5) is 4.79 Å². The highest BCUT2D eigenvalue weighted by Crippen LogP contribution is 2.30. The van der Waals surface area contributed by atoms with Gasteiger partial charge in [-0.3, -0.25) is 0 Å². The van der Waals surface area contributed by atoms with Gasteiger partial charge in [0.1, 0.15) is 5.60 Å². The predicted molar refractivity (Wildman–Crippen MR) is 91.7 cm³/mol. The lowest BCUT2D eigenvalue weighted by Gasteiger charge is -2.41. The van der Waals surface area contributed by atoms with Crippen molar-refractivity contribution in [2.75, 3.05) is 32.9 Å². The largest absolute Gasteiger partial charge is 0.444 e. The van der Waals surface area contributed by atoms with Gasteiger partial charge in [-0.15, -0.1) is 0 Å². The zero-order valence-electron chi connectivity index (χ0n) is 15.8. The van der Waals surface area contributed by atoms with Gasteiger partial charge < -0.3 is 19.1 Å². The van der Waals surface area contributed by atoms with Crippen molar-refractivity contribution in [2.24, 2.45) is 5.92 Å². The minimum absolute atomic E-state index is 0.125. The monoisotopic (exact) mass is 329 g/mol. The number of carbonyl (C=O) groups excluding carboxylic acids is 1. The van der Waals surface area contributed by atoms with Crippen molar-refractivity contribution in [2.45, 2.75) is 72.0 Å². The van der Waals surface area contributed by atoms with Crippen LogP contribution in [0.15, 0.2) is 0 Å². The summed E-state index contributed by atoms with van der Waals surface area (Å²) in [5.41, 5.74) is -0.569. The van der Waals surface area contributed by atoms with Gasteiger partial charge in [0.2, 0.25) is 0 Å². The zero-order chi connectivity index (χ0) is 17.5. The van der Waals surface area contributed by atoms with Crippen molar-refractivity contribution in [3.8, 4) is 0 Å². The number of hydrogen-bond donors (Lipinski definition) is 0. The molecule has 1 fully saturated rings. The van der Waals surface area contributed by atoms with Crippen LogP contribution in [0.2, 0.25) is 0 Å². The third-order valence-corrected chi connectivity index (χ3v) is 4.06. The van der Waals surface area contributed by atoms with E-state index >= 15 is 0 Å². The fraction of sp³-hybridized carbons (Fsp3) is 0.944. The molecule has 5 nitrogen and oxygen atoms in total. The minimum atomic E-state index is -0.444. The average Bonchev–Trinajstić information content (AvgIpc) is 2.45. The van der Waals surface area contributed by atoms with Crippen LogP contribution >= 0.6 is 0 Å². The number of rotatable bonds is 7. The van der Waals surface area contributed by atoms with Crippen molar-refractivity contribution in [3.05, 3.63) is 0 Å². The Bertz CT molecular complexity index is 355. The lowest BCUT2D eigenvalue weighted by atomic mass is 9.88. The van der Waals surface area contributed by atoms with Gasteiger partial charge in [0.05, 0.1) is 18.8 Å². The summed E-state index contributed by atoms with van der Waals surface area (Å²) in [5, 5.41) is 0. The molecule has 5 heteroatoms. The summed E-state index contributed by atoms with van der Waals surface area (Å²) in [6.45, 7) is 15.5. The fourth-order valence-electron chi connectivity index (χ4n) is 2.66. The van der Waals surface area contributed by atoms with Crippen LogP contribution in [0, 0.1) is 5.92 Å². The number of nitrogens with zero attached hydrogens (tertiary/aromatic N) is 1. The van der Waals surface area contributed by atoms with E-state index in [9.17, 15) is 4.79 Å². The maximum atomic E-state index is 12.1. The second kappa shape index (κ2) is 8.88. The van der Waals surface area contributed by atoms with E-state index in [0.717, 1.165) is 25.9 Å². The van der Waals surface area contributed by atoms with Gasteiger partial charge in [-0.2, -0.15) is 0 Å². The van der Waals surface area contributed by atoms with E-state index in [2.05, 4.69) is 20.8 Å². The second-order valence-electron chi connectivity index (χ2n) is 7.82. The number of ether oxygens (including phenoxy) is 3. The molecule has 136 valence electrons. The standard InChI is InChI=1S/C18H35NO4/c1-7-18(22-13-12-21-14-15(2)3)8-10-19(11-9-18)16(20)23-17(4,5)6/h15H,7-14H2,1-6H3. The van der Waals surface area contributed by atoms with Crippen molar-refractivity contribution < 1.29 is 19.0 Å². The maximum absolute atomic E-state index is 12.1. The molecule has 0 atom stereocenters. The molecule has 0 saturated carbocycles. The Hall–Kier alpha value is -0.810. The van der Waals surface area contributed by atoms with Crippen molar-refractivity contribution >= 4 is 6.09 Å². The van der Waals surface area contributed by atoms with Gasteiger partial charge in [0.15, 0.2) is 0 Å². The van der Waals surface area contributed by atoms with E-state index < -0.39 is 5.60 Å². The third kappa shape index (κ3) is 7.53. The molecule has 0 unspecified atom stereocenters. The molecule has 1 rings (SSSR count). The lowest BCUT2D eigenvalue weighted by Crippen LogP contribution is -2.49. The molecular weight excluding hydrogens is 294 g/mol. The summed E-state index contributed by atoms with van der Waals surface area (Å²) >= 11 is 0. The van der Waals surface area contributed by atoms with Gasteiger partial charge in [0.25, 0.3) is 0 Å². The summed E-state index contributed by atoms with van der Waals surface area (Å²) < 4.78 is 17.1. The van der Waals surface area contributed by atoms with E-state index in [1.54, 1.807) is 4.90 Å². The molecule has 0 aromatic rings. The van der Waals surface area contributed by atoms with E-state index in [-0.39, 0.29) is 11.7 Å². The Morgan fingerprint density at radius 2 is 1.78 bits per heavy atom. The highest BCUT2D eigenvalue weighted by Gasteiger charge is 2.36. The smallest absolute Gasteiger partial charge is 0.410 e. The molecule has 0 N–H and O–H groups in total. The summed E-state index contributed by atoms with van der Waals surface area (Å²) in [4.78, 5) is 13.9. The second-order valence-corrected chi connectivity index (χ2v) is 7.82. The van der Waals surface area contributed by atoms with Gasteiger partial charge in [-0.1, -0.05) is 20.8 Å². The Morgan fingerprint density at radius 1 is 1.17 bits per heavy atom. The SMILES string of the molecule is CCC1(OCCOCC(C)C)CCN(C(=O)OC(C)(C)C)CC1. The molecule has 0 aromatic heterocycles. The van der Waals surface area contributed by atoms with E-state index in [4.69, 9.17) is 14.2 Å². The Kier molecular flexibility index (Phi) is 7.81. The summed E-state index contributed by atoms with van der Waals surface area (Å²) in [6.07, 6.45) is 2.45. The Morgan fingerprint density at radius 3 is 2.26 bits per heavy atom.